The van der Waals surface area contributed by atoms with E-state index in [9.17, 15) is 18.0 Å². The van der Waals surface area contributed by atoms with Gasteiger partial charge >= 0.3 is 6.18 Å². The van der Waals surface area contributed by atoms with Crippen molar-refractivity contribution in [3.05, 3.63) is 29.3 Å². The summed E-state index contributed by atoms with van der Waals surface area (Å²) in [6.07, 6.45) is -4.51. The second-order valence-corrected chi connectivity index (χ2v) is 5.02. The average Bonchev–Trinajstić information content (AvgIpc) is 2.36. The van der Waals surface area contributed by atoms with Gasteiger partial charge in [0.2, 0.25) is 0 Å². The Morgan fingerprint density at radius 3 is 2.62 bits per heavy atom. The van der Waals surface area contributed by atoms with Crippen molar-refractivity contribution in [2.75, 3.05) is 25.5 Å². The number of carbonyl (C=O) groups excluding carboxylic acids is 1. The van der Waals surface area contributed by atoms with Gasteiger partial charge in [0.15, 0.2) is 0 Å². The van der Waals surface area contributed by atoms with Gasteiger partial charge in [0.1, 0.15) is 0 Å². The molecule has 0 saturated carbocycles. The first-order chi connectivity index (χ1) is 9.71. The number of hydrogen-bond donors (Lipinski definition) is 2. The predicted octanol–water partition coefficient (Wildman–Crippen LogP) is 2.69. The van der Waals surface area contributed by atoms with E-state index in [0.29, 0.717) is 19.1 Å². The van der Waals surface area contributed by atoms with Crippen LogP contribution in [0.5, 0.6) is 0 Å². The molecule has 0 aliphatic rings. The van der Waals surface area contributed by atoms with E-state index in [0.717, 1.165) is 18.2 Å². The van der Waals surface area contributed by atoms with Gasteiger partial charge in [-0.1, -0.05) is 13.8 Å². The van der Waals surface area contributed by atoms with E-state index in [1.54, 1.807) is 0 Å². The molecular formula is C14H19F3N2O2. The number of alkyl halides is 3. The maximum atomic E-state index is 12.6. The van der Waals surface area contributed by atoms with Gasteiger partial charge in [-0.3, -0.25) is 4.79 Å². The zero-order valence-corrected chi connectivity index (χ0v) is 12.0. The van der Waals surface area contributed by atoms with Gasteiger partial charge < -0.3 is 15.8 Å². The summed E-state index contributed by atoms with van der Waals surface area (Å²) in [7, 11) is 0. The molecule has 0 unspecified atom stereocenters. The maximum Gasteiger partial charge on any atom is 0.416 e. The molecule has 0 saturated heterocycles. The molecule has 0 spiro atoms. The lowest BCUT2D eigenvalue weighted by molar-refractivity contribution is -0.137. The zero-order valence-electron chi connectivity index (χ0n) is 12.0. The lowest BCUT2D eigenvalue weighted by Crippen LogP contribution is -2.28. The quantitative estimate of drug-likeness (QED) is 0.627. The highest BCUT2D eigenvalue weighted by Crippen LogP contribution is 2.31. The standard InChI is InChI=1S/C14H19F3N2O2/c1-9(2)8-21-6-5-19-13(20)11-7-10(14(15,16)17)3-4-12(11)18/h3-4,7,9H,5-6,8,18H2,1-2H3,(H,19,20). The molecule has 0 bridgehead atoms. The van der Waals surface area contributed by atoms with Gasteiger partial charge in [0, 0.05) is 18.8 Å². The van der Waals surface area contributed by atoms with Crippen LogP contribution in [0.3, 0.4) is 0 Å². The van der Waals surface area contributed by atoms with Crippen molar-refractivity contribution >= 4 is 11.6 Å². The number of amides is 1. The van der Waals surface area contributed by atoms with E-state index < -0.39 is 17.6 Å². The van der Waals surface area contributed by atoms with Gasteiger partial charge in [-0.15, -0.1) is 0 Å². The Morgan fingerprint density at radius 1 is 1.38 bits per heavy atom. The van der Waals surface area contributed by atoms with Crippen molar-refractivity contribution in [3.8, 4) is 0 Å². The third-order valence-electron chi connectivity index (χ3n) is 2.61. The van der Waals surface area contributed by atoms with Crippen molar-refractivity contribution in [1.82, 2.24) is 5.32 Å². The Balaban J connectivity index is 2.61. The Labute approximate surface area is 121 Å². The van der Waals surface area contributed by atoms with Crippen LogP contribution in [0.4, 0.5) is 18.9 Å². The first kappa shape index (κ1) is 17.3. The largest absolute Gasteiger partial charge is 0.416 e. The Hall–Kier alpha value is -1.76. The van der Waals surface area contributed by atoms with Gasteiger partial charge in [-0.2, -0.15) is 13.2 Å². The molecule has 4 nitrogen and oxygen atoms in total. The average molecular weight is 304 g/mol. The Bertz CT molecular complexity index is 488. The fourth-order valence-corrected chi connectivity index (χ4v) is 1.58. The van der Waals surface area contributed by atoms with Crippen LogP contribution in [0.15, 0.2) is 18.2 Å². The van der Waals surface area contributed by atoms with Gasteiger partial charge in [0.05, 0.1) is 17.7 Å². The molecular weight excluding hydrogens is 285 g/mol. The van der Waals surface area contributed by atoms with Crippen LogP contribution in [0.2, 0.25) is 0 Å². The van der Waals surface area contributed by atoms with Gasteiger partial charge in [0.25, 0.3) is 5.91 Å². The smallest absolute Gasteiger partial charge is 0.398 e. The van der Waals surface area contributed by atoms with Gasteiger partial charge in [-0.25, -0.2) is 0 Å². The number of anilines is 1. The number of rotatable bonds is 6. The first-order valence-corrected chi connectivity index (χ1v) is 6.54. The molecule has 0 aliphatic carbocycles. The zero-order chi connectivity index (χ0) is 16.0. The molecule has 3 N–H and O–H groups in total. The number of benzene rings is 1. The predicted molar refractivity (Wildman–Crippen MR) is 73.8 cm³/mol. The first-order valence-electron chi connectivity index (χ1n) is 6.54. The minimum Gasteiger partial charge on any atom is -0.398 e. The molecule has 21 heavy (non-hydrogen) atoms. The second-order valence-electron chi connectivity index (χ2n) is 5.02. The van der Waals surface area contributed by atoms with Crippen molar-refractivity contribution in [2.45, 2.75) is 20.0 Å². The SMILES string of the molecule is CC(C)COCCNC(=O)c1cc(C(F)(F)F)ccc1N. The van der Waals surface area contributed by atoms with Crippen molar-refractivity contribution in [2.24, 2.45) is 5.92 Å². The summed E-state index contributed by atoms with van der Waals surface area (Å²) in [5.74, 6) is -0.272. The minimum absolute atomic E-state index is 0.00333. The van der Waals surface area contributed by atoms with Crippen LogP contribution in [0.25, 0.3) is 0 Å². The number of carbonyl (C=O) groups is 1. The Kier molecular flexibility index (Phi) is 6.02. The molecule has 7 heteroatoms. The summed E-state index contributed by atoms with van der Waals surface area (Å²) < 4.78 is 43.1. The van der Waals surface area contributed by atoms with E-state index in [4.69, 9.17) is 10.5 Å². The number of nitrogens with two attached hydrogens (primary N) is 1. The lowest BCUT2D eigenvalue weighted by Gasteiger charge is -2.12. The number of hydrogen-bond acceptors (Lipinski definition) is 3. The van der Waals surface area contributed by atoms with Crippen molar-refractivity contribution in [3.63, 3.8) is 0 Å². The summed E-state index contributed by atoms with van der Waals surface area (Å²) in [5.41, 5.74) is 4.46. The summed E-state index contributed by atoms with van der Waals surface area (Å²) >= 11 is 0. The van der Waals surface area contributed by atoms with E-state index in [2.05, 4.69) is 5.32 Å². The molecule has 1 amide bonds. The van der Waals surface area contributed by atoms with Crippen LogP contribution in [0, 0.1) is 5.92 Å². The number of nitrogens with one attached hydrogen (secondary N) is 1. The maximum absolute atomic E-state index is 12.6. The number of halogens is 3. The molecule has 1 rings (SSSR count). The molecule has 118 valence electrons. The molecule has 1 aromatic rings. The second kappa shape index (κ2) is 7.31. The molecule has 0 aliphatic heterocycles. The lowest BCUT2D eigenvalue weighted by atomic mass is 10.1. The fourth-order valence-electron chi connectivity index (χ4n) is 1.58. The van der Waals surface area contributed by atoms with E-state index in [-0.39, 0.29) is 17.8 Å². The monoisotopic (exact) mass is 304 g/mol. The highest BCUT2D eigenvalue weighted by Gasteiger charge is 2.31. The van der Waals surface area contributed by atoms with Crippen molar-refractivity contribution < 1.29 is 22.7 Å². The topological polar surface area (TPSA) is 64.3 Å². The normalized spacial score (nSPS) is 11.7. The van der Waals surface area contributed by atoms with Crippen LogP contribution >= 0.6 is 0 Å². The summed E-state index contributed by atoms with van der Waals surface area (Å²) in [6, 6.07) is 2.67. The van der Waals surface area contributed by atoms with E-state index in [1.807, 2.05) is 13.8 Å². The van der Waals surface area contributed by atoms with E-state index in [1.165, 1.54) is 0 Å². The third kappa shape index (κ3) is 5.63. The van der Waals surface area contributed by atoms with Gasteiger partial charge in [-0.05, 0) is 24.1 Å². The number of ether oxygens (including phenoxy) is 1. The van der Waals surface area contributed by atoms with Crippen LogP contribution < -0.4 is 11.1 Å². The fraction of sp³-hybridized carbons (Fsp3) is 0.500. The van der Waals surface area contributed by atoms with Crippen LogP contribution in [0.1, 0.15) is 29.8 Å². The Morgan fingerprint density at radius 2 is 2.05 bits per heavy atom. The third-order valence-corrected chi connectivity index (χ3v) is 2.61. The highest BCUT2D eigenvalue weighted by atomic mass is 19.4. The molecule has 1 aromatic carbocycles. The molecule has 0 fully saturated rings. The summed E-state index contributed by atoms with van der Waals surface area (Å²) in [4.78, 5) is 11.8. The molecule has 0 aromatic heterocycles. The molecule has 0 radical (unpaired) electrons. The minimum atomic E-state index is -4.51. The van der Waals surface area contributed by atoms with Crippen LogP contribution in [-0.4, -0.2) is 25.7 Å². The van der Waals surface area contributed by atoms with Crippen LogP contribution in [-0.2, 0) is 10.9 Å². The van der Waals surface area contributed by atoms with Crippen molar-refractivity contribution in [1.29, 1.82) is 0 Å². The van der Waals surface area contributed by atoms with E-state index >= 15 is 0 Å². The summed E-state index contributed by atoms with van der Waals surface area (Å²) in [6.45, 7) is 5.04. The molecule has 0 atom stereocenters. The number of nitrogen functional groups attached to an aromatic ring is 1. The molecule has 0 heterocycles. The summed E-state index contributed by atoms with van der Waals surface area (Å²) in [5, 5.41) is 2.48. The highest BCUT2D eigenvalue weighted by molar-refractivity contribution is 5.99.